The van der Waals surface area contributed by atoms with E-state index in [1.807, 2.05) is 0 Å². The SMILES string of the molecule is Cc1cc(C)c(C(C)NC2CCCC2C#N)cc1C. The van der Waals surface area contributed by atoms with Gasteiger partial charge in [-0.2, -0.15) is 5.26 Å². The second-order valence-electron chi connectivity index (χ2n) is 5.95. The Bertz CT molecular complexity index is 499. The molecule has 0 spiro atoms. The average molecular weight is 256 g/mol. The standard InChI is InChI=1S/C17H24N2/c1-11-8-13(3)16(9-12(11)2)14(4)19-17-7-5-6-15(17)10-18/h8-9,14-15,17,19H,5-7H2,1-4H3. The fourth-order valence-corrected chi connectivity index (χ4v) is 3.17. The van der Waals surface area contributed by atoms with E-state index in [0.717, 1.165) is 12.8 Å². The Morgan fingerprint density at radius 3 is 2.53 bits per heavy atom. The molecule has 1 aromatic rings. The molecular formula is C17H24N2. The van der Waals surface area contributed by atoms with Crippen LogP contribution in [0.2, 0.25) is 0 Å². The molecule has 2 nitrogen and oxygen atoms in total. The summed E-state index contributed by atoms with van der Waals surface area (Å²) >= 11 is 0. The maximum absolute atomic E-state index is 9.16. The Kier molecular flexibility index (Phi) is 4.27. The lowest BCUT2D eigenvalue weighted by Gasteiger charge is -2.24. The summed E-state index contributed by atoms with van der Waals surface area (Å²) in [6.07, 6.45) is 3.35. The summed E-state index contributed by atoms with van der Waals surface area (Å²) in [5.41, 5.74) is 5.41. The molecule has 1 aromatic carbocycles. The quantitative estimate of drug-likeness (QED) is 0.888. The van der Waals surface area contributed by atoms with Gasteiger partial charge < -0.3 is 5.32 Å². The van der Waals surface area contributed by atoms with E-state index in [1.54, 1.807) is 0 Å². The maximum atomic E-state index is 9.16. The van der Waals surface area contributed by atoms with E-state index >= 15 is 0 Å². The molecule has 1 fully saturated rings. The number of benzene rings is 1. The lowest BCUT2D eigenvalue weighted by Crippen LogP contribution is -2.34. The van der Waals surface area contributed by atoms with Crippen LogP contribution in [0.1, 0.15) is 54.5 Å². The van der Waals surface area contributed by atoms with Gasteiger partial charge in [0.2, 0.25) is 0 Å². The first-order chi connectivity index (χ1) is 9.02. The Labute approximate surface area is 116 Å². The van der Waals surface area contributed by atoms with Gasteiger partial charge in [-0.05, 0) is 62.8 Å². The molecule has 0 radical (unpaired) electrons. The summed E-state index contributed by atoms with van der Waals surface area (Å²) in [5.74, 6) is 0.189. The molecule has 0 saturated heterocycles. The molecule has 3 atom stereocenters. The number of nitrogens with one attached hydrogen (secondary N) is 1. The highest BCUT2D eigenvalue weighted by molar-refractivity contribution is 5.38. The van der Waals surface area contributed by atoms with Crippen molar-refractivity contribution in [3.8, 4) is 6.07 Å². The van der Waals surface area contributed by atoms with Crippen LogP contribution in [-0.2, 0) is 0 Å². The molecule has 0 amide bonds. The Balaban J connectivity index is 2.14. The van der Waals surface area contributed by atoms with Gasteiger partial charge in [0, 0.05) is 12.1 Å². The van der Waals surface area contributed by atoms with Gasteiger partial charge in [-0.1, -0.05) is 18.6 Å². The molecule has 3 unspecified atom stereocenters. The van der Waals surface area contributed by atoms with E-state index < -0.39 is 0 Å². The minimum atomic E-state index is 0.189. The molecule has 1 saturated carbocycles. The summed E-state index contributed by atoms with van der Waals surface area (Å²) < 4.78 is 0. The summed E-state index contributed by atoms with van der Waals surface area (Å²) in [4.78, 5) is 0. The highest BCUT2D eigenvalue weighted by Gasteiger charge is 2.28. The van der Waals surface area contributed by atoms with Crippen LogP contribution in [-0.4, -0.2) is 6.04 Å². The number of aryl methyl sites for hydroxylation is 3. The molecular weight excluding hydrogens is 232 g/mol. The zero-order chi connectivity index (χ0) is 14.0. The van der Waals surface area contributed by atoms with E-state index in [9.17, 15) is 0 Å². The van der Waals surface area contributed by atoms with Gasteiger partial charge >= 0.3 is 0 Å². The monoisotopic (exact) mass is 256 g/mol. The van der Waals surface area contributed by atoms with Gasteiger partial charge in [0.1, 0.15) is 0 Å². The van der Waals surface area contributed by atoms with Crippen LogP contribution in [0.15, 0.2) is 12.1 Å². The molecule has 0 heterocycles. The summed E-state index contributed by atoms with van der Waals surface area (Å²) in [5, 5.41) is 12.8. The number of hydrogen-bond donors (Lipinski definition) is 1. The number of hydrogen-bond acceptors (Lipinski definition) is 2. The Morgan fingerprint density at radius 1 is 1.16 bits per heavy atom. The molecule has 1 aliphatic rings. The van der Waals surface area contributed by atoms with E-state index in [2.05, 4.69) is 51.2 Å². The second-order valence-corrected chi connectivity index (χ2v) is 5.95. The fraction of sp³-hybridized carbons (Fsp3) is 0.588. The van der Waals surface area contributed by atoms with E-state index in [0.29, 0.717) is 12.1 Å². The normalized spacial score (nSPS) is 24.2. The molecule has 2 rings (SSSR count). The van der Waals surface area contributed by atoms with Crippen LogP contribution in [0.25, 0.3) is 0 Å². The van der Waals surface area contributed by atoms with Crippen LogP contribution in [0.5, 0.6) is 0 Å². The highest BCUT2D eigenvalue weighted by atomic mass is 15.0. The van der Waals surface area contributed by atoms with Gasteiger partial charge in [0.05, 0.1) is 12.0 Å². The van der Waals surface area contributed by atoms with Crippen LogP contribution in [0, 0.1) is 38.0 Å². The van der Waals surface area contributed by atoms with E-state index in [1.165, 1.54) is 28.7 Å². The topological polar surface area (TPSA) is 35.8 Å². The minimum Gasteiger partial charge on any atom is -0.306 e. The van der Waals surface area contributed by atoms with E-state index in [-0.39, 0.29) is 5.92 Å². The van der Waals surface area contributed by atoms with Crippen molar-refractivity contribution in [2.45, 2.75) is 59.0 Å². The lowest BCUT2D eigenvalue weighted by atomic mass is 9.95. The molecule has 102 valence electrons. The van der Waals surface area contributed by atoms with Crippen LogP contribution in [0.4, 0.5) is 0 Å². The van der Waals surface area contributed by atoms with E-state index in [4.69, 9.17) is 5.26 Å². The Morgan fingerprint density at radius 2 is 1.84 bits per heavy atom. The van der Waals surface area contributed by atoms with Crippen molar-refractivity contribution in [1.29, 1.82) is 5.26 Å². The van der Waals surface area contributed by atoms with Gasteiger partial charge in [0.15, 0.2) is 0 Å². The number of rotatable bonds is 3. The van der Waals surface area contributed by atoms with Gasteiger partial charge in [0.25, 0.3) is 0 Å². The largest absolute Gasteiger partial charge is 0.306 e. The molecule has 0 aliphatic heterocycles. The van der Waals surface area contributed by atoms with Gasteiger partial charge in [-0.25, -0.2) is 0 Å². The van der Waals surface area contributed by atoms with Gasteiger partial charge in [-0.15, -0.1) is 0 Å². The van der Waals surface area contributed by atoms with Crippen molar-refractivity contribution in [3.05, 3.63) is 34.4 Å². The van der Waals surface area contributed by atoms with Crippen molar-refractivity contribution in [1.82, 2.24) is 5.32 Å². The fourth-order valence-electron chi connectivity index (χ4n) is 3.17. The highest BCUT2D eigenvalue weighted by Crippen LogP contribution is 2.28. The van der Waals surface area contributed by atoms with Crippen LogP contribution >= 0.6 is 0 Å². The first-order valence-electron chi connectivity index (χ1n) is 7.26. The van der Waals surface area contributed by atoms with Crippen molar-refractivity contribution in [2.75, 3.05) is 0 Å². The molecule has 0 aromatic heterocycles. The molecule has 19 heavy (non-hydrogen) atoms. The third-order valence-corrected chi connectivity index (χ3v) is 4.49. The first kappa shape index (κ1) is 14.1. The lowest BCUT2D eigenvalue weighted by molar-refractivity contribution is 0.416. The third kappa shape index (κ3) is 2.98. The predicted molar refractivity (Wildman–Crippen MR) is 78.9 cm³/mol. The second kappa shape index (κ2) is 5.75. The zero-order valence-electron chi connectivity index (χ0n) is 12.5. The zero-order valence-corrected chi connectivity index (χ0v) is 12.5. The van der Waals surface area contributed by atoms with Crippen LogP contribution in [0.3, 0.4) is 0 Å². The third-order valence-electron chi connectivity index (χ3n) is 4.49. The number of nitriles is 1. The number of nitrogens with zero attached hydrogens (tertiary/aromatic N) is 1. The predicted octanol–water partition coefficient (Wildman–Crippen LogP) is 3.95. The summed E-state index contributed by atoms with van der Waals surface area (Å²) in [6.45, 7) is 8.71. The maximum Gasteiger partial charge on any atom is 0.0672 e. The average Bonchev–Trinajstić information content (AvgIpc) is 2.80. The molecule has 2 heteroatoms. The van der Waals surface area contributed by atoms with Crippen molar-refractivity contribution in [3.63, 3.8) is 0 Å². The summed E-state index contributed by atoms with van der Waals surface area (Å²) in [6, 6.07) is 7.68. The Hall–Kier alpha value is -1.33. The molecule has 1 N–H and O–H groups in total. The smallest absolute Gasteiger partial charge is 0.0672 e. The summed E-state index contributed by atoms with van der Waals surface area (Å²) in [7, 11) is 0. The minimum absolute atomic E-state index is 0.189. The van der Waals surface area contributed by atoms with Crippen molar-refractivity contribution in [2.24, 2.45) is 5.92 Å². The molecule has 0 bridgehead atoms. The van der Waals surface area contributed by atoms with Crippen molar-refractivity contribution < 1.29 is 0 Å². The first-order valence-corrected chi connectivity index (χ1v) is 7.26. The molecule has 1 aliphatic carbocycles. The van der Waals surface area contributed by atoms with Crippen LogP contribution < -0.4 is 5.32 Å². The van der Waals surface area contributed by atoms with Crippen molar-refractivity contribution >= 4 is 0 Å². The van der Waals surface area contributed by atoms with Gasteiger partial charge in [-0.3, -0.25) is 0 Å².